The molecular weight excluding hydrogens is 402 g/mol. The summed E-state index contributed by atoms with van der Waals surface area (Å²) in [6, 6.07) is 16.7. The van der Waals surface area contributed by atoms with Gasteiger partial charge in [0.1, 0.15) is 0 Å². The molecule has 2 heterocycles. The monoisotopic (exact) mass is 431 g/mol. The van der Waals surface area contributed by atoms with Crippen molar-refractivity contribution in [2.45, 2.75) is 32.6 Å². The molecule has 166 valence electrons. The van der Waals surface area contributed by atoms with Gasteiger partial charge in [0.05, 0.1) is 12.8 Å². The number of piperidine rings is 1. The molecule has 1 fully saturated rings. The highest BCUT2D eigenvalue weighted by Crippen LogP contribution is 2.40. The summed E-state index contributed by atoms with van der Waals surface area (Å²) in [6.07, 6.45) is 5.68. The number of carbonyl (C=O) groups excluding carboxylic acids is 1. The second kappa shape index (κ2) is 9.30. The number of anilines is 1. The van der Waals surface area contributed by atoms with Gasteiger partial charge in [-0.1, -0.05) is 36.4 Å². The lowest BCUT2D eigenvalue weighted by atomic mass is 9.89. The first-order chi connectivity index (χ1) is 15.6. The lowest BCUT2D eigenvalue weighted by Crippen LogP contribution is -2.33. The van der Waals surface area contributed by atoms with Crippen LogP contribution in [0.15, 0.2) is 65.4 Å². The molecule has 2 aliphatic heterocycles. The number of aliphatic hydroxyl groups is 1. The Morgan fingerprint density at radius 1 is 1.09 bits per heavy atom. The van der Waals surface area contributed by atoms with Gasteiger partial charge < -0.3 is 14.7 Å². The Hall–Kier alpha value is -3.54. The zero-order valence-corrected chi connectivity index (χ0v) is 18.8. The van der Waals surface area contributed by atoms with Crippen molar-refractivity contribution in [3.8, 4) is 0 Å². The van der Waals surface area contributed by atoms with E-state index in [2.05, 4.69) is 46.4 Å². The Morgan fingerprint density at radius 2 is 1.81 bits per heavy atom. The minimum absolute atomic E-state index is 0.0163. The molecule has 0 bridgehead atoms. The summed E-state index contributed by atoms with van der Waals surface area (Å²) >= 11 is 0. The van der Waals surface area contributed by atoms with E-state index in [-0.39, 0.29) is 11.5 Å². The Kier molecular flexibility index (Phi) is 6.30. The van der Waals surface area contributed by atoms with Gasteiger partial charge in [0.15, 0.2) is 11.5 Å². The lowest BCUT2D eigenvalue weighted by Gasteiger charge is -2.35. The highest BCUT2D eigenvalue weighted by molar-refractivity contribution is 6.01. The summed E-state index contributed by atoms with van der Waals surface area (Å²) in [5.74, 6) is -0.178. The van der Waals surface area contributed by atoms with Crippen LogP contribution in [0.4, 0.5) is 5.69 Å². The maximum Gasteiger partial charge on any atom is 0.360 e. The quantitative estimate of drug-likeness (QED) is 0.536. The van der Waals surface area contributed by atoms with E-state index in [0.29, 0.717) is 11.5 Å². The highest BCUT2D eigenvalue weighted by atomic mass is 16.5. The normalized spacial score (nSPS) is 18.4. The van der Waals surface area contributed by atoms with E-state index in [4.69, 9.17) is 4.74 Å². The average molecular weight is 432 g/mol. The Bertz CT molecular complexity index is 1080. The summed E-state index contributed by atoms with van der Waals surface area (Å²) in [7, 11) is 1.30. The van der Waals surface area contributed by atoms with Crippen molar-refractivity contribution >= 4 is 29.3 Å². The average Bonchev–Trinajstić information content (AvgIpc) is 2.84. The number of ether oxygens (including phenoxy) is 1. The molecule has 6 nitrogen and oxygen atoms in total. The van der Waals surface area contributed by atoms with Gasteiger partial charge in [0, 0.05) is 36.1 Å². The predicted octanol–water partition coefficient (Wildman–Crippen LogP) is 5.15. The van der Waals surface area contributed by atoms with Crippen LogP contribution in [0.1, 0.15) is 49.3 Å². The molecule has 0 radical (unpaired) electrons. The number of esters is 1. The van der Waals surface area contributed by atoms with Crippen LogP contribution in [0.25, 0.3) is 11.5 Å². The number of hydrazone groups is 1. The van der Waals surface area contributed by atoms with Crippen molar-refractivity contribution < 1.29 is 14.6 Å². The Balaban J connectivity index is 1.65. The third kappa shape index (κ3) is 3.88. The van der Waals surface area contributed by atoms with E-state index < -0.39 is 5.97 Å². The van der Waals surface area contributed by atoms with Crippen molar-refractivity contribution in [1.82, 2.24) is 5.01 Å². The largest absolute Gasteiger partial charge is 0.505 e. The smallest absolute Gasteiger partial charge is 0.360 e. The van der Waals surface area contributed by atoms with Crippen LogP contribution in [0.3, 0.4) is 0 Å². The maximum absolute atomic E-state index is 12.4. The molecule has 0 unspecified atom stereocenters. The molecule has 0 amide bonds. The van der Waals surface area contributed by atoms with Crippen LogP contribution < -0.4 is 4.90 Å². The van der Waals surface area contributed by atoms with E-state index in [9.17, 15) is 9.90 Å². The first-order valence-corrected chi connectivity index (χ1v) is 11.0. The van der Waals surface area contributed by atoms with Crippen LogP contribution in [0.2, 0.25) is 0 Å². The molecule has 0 spiro atoms. The molecule has 0 saturated carbocycles. The summed E-state index contributed by atoms with van der Waals surface area (Å²) in [6.45, 7) is 5.60. The van der Waals surface area contributed by atoms with E-state index in [1.165, 1.54) is 17.7 Å². The SMILES string of the molecule is C/C=N\N1C(C(=O)OC)=C(O)c2ccc(N3CCC(c4ccccc4)CC3)cc2/C1=C\C. The number of aliphatic hydroxyl groups excluding tert-OH is 1. The molecule has 0 aliphatic carbocycles. The Labute approximate surface area is 189 Å². The number of benzene rings is 2. The standard InChI is InChI=1S/C26H29N3O3/c1-4-23-22-17-20(28-15-13-19(14-16-28)18-9-7-6-8-10-18)11-12-21(22)25(30)24(26(31)32-3)29(23)27-5-2/h4-12,17,19,30H,13-16H2,1-3H3/b23-4+,27-5-. The van der Waals surface area contributed by atoms with Gasteiger partial charge in [-0.15, -0.1) is 0 Å². The van der Waals surface area contributed by atoms with Gasteiger partial charge >= 0.3 is 5.97 Å². The fourth-order valence-corrected chi connectivity index (χ4v) is 4.60. The molecule has 2 aliphatic rings. The van der Waals surface area contributed by atoms with E-state index in [1.54, 1.807) is 13.1 Å². The molecule has 0 aromatic heterocycles. The third-order valence-corrected chi connectivity index (χ3v) is 6.21. The van der Waals surface area contributed by atoms with E-state index in [0.717, 1.165) is 42.9 Å². The molecule has 2 aromatic carbocycles. The summed E-state index contributed by atoms with van der Waals surface area (Å²) in [5.41, 5.74) is 4.70. The minimum atomic E-state index is -0.634. The van der Waals surface area contributed by atoms with Crippen molar-refractivity contribution in [3.05, 3.63) is 77.0 Å². The molecule has 0 atom stereocenters. The second-order valence-electron chi connectivity index (χ2n) is 7.95. The molecule has 6 heteroatoms. The van der Waals surface area contributed by atoms with Crippen molar-refractivity contribution in [3.63, 3.8) is 0 Å². The number of methoxy groups -OCH3 is 1. The summed E-state index contributed by atoms with van der Waals surface area (Å²) in [4.78, 5) is 14.8. The van der Waals surface area contributed by atoms with Gasteiger partial charge in [-0.25, -0.2) is 9.80 Å². The van der Waals surface area contributed by atoms with Crippen LogP contribution in [-0.2, 0) is 9.53 Å². The van der Waals surface area contributed by atoms with Crippen molar-refractivity contribution in [1.29, 1.82) is 0 Å². The number of nitrogens with zero attached hydrogens (tertiary/aromatic N) is 3. The highest BCUT2D eigenvalue weighted by Gasteiger charge is 2.34. The van der Waals surface area contributed by atoms with Crippen LogP contribution in [-0.4, -0.2) is 42.5 Å². The minimum Gasteiger partial charge on any atom is -0.505 e. The number of allylic oxidation sites excluding steroid dienone is 1. The van der Waals surface area contributed by atoms with Gasteiger partial charge in [-0.05, 0) is 56.4 Å². The molecule has 1 N–H and O–H groups in total. The van der Waals surface area contributed by atoms with Crippen molar-refractivity contribution in [2.75, 3.05) is 25.1 Å². The predicted molar refractivity (Wildman–Crippen MR) is 128 cm³/mol. The molecule has 2 aromatic rings. The summed E-state index contributed by atoms with van der Waals surface area (Å²) in [5, 5.41) is 16.7. The zero-order chi connectivity index (χ0) is 22.7. The fourth-order valence-electron chi connectivity index (χ4n) is 4.60. The molecular formula is C26H29N3O3. The van der Waals surface area contributed by atoms with Crippen LogP contribution in [0.5, 0.6) is 0 Å². The second-order valence-corrected chi connectivity index (χ2v) is 7.95. The van der Waals surface area contributed by atoms with Gasteiger partial charge in [0.2, 0.25) is 0 Å². The fraction of sp³-hybridized carbons (Fsp3) is 0.308. The van der Waals surface area contributed by atoms with Gasteiger partial charge in [-0.3, -0.25) is 0 Å². The first-order valence-electron chi connectivity index (χ1n) is 11.0. The van der Waals surface area contributed by atoms with E-state index >= 15 is 0 Å². The van der Waals surface area contributed by atoms with Gasteiger partial charge in [-0.2, -0.15) is 5.10 Å². The molecule has 4 rings (SSSR count). The Morgan fingerprint density at radius 3 is 2.44 bits per heavy atom. The maximum atomic E-state index is 12.4. The first kappa shape index (κ1) is 21.7. The topological polar surface area (TPSA) is 65.4 Å². The van der Waals surface area contributed by atoms with Gasteiger partial charge in [0.25, 0.3) is 0 Å². The molecule has 32 heavy (non-hydrogen) atoms. The summed E-state index contributed by atoms with van der Waals surface area (Å²) < 4.78 is 4.90. The number of hydrogen-bond donors (Lipinski definition) is 1. The van der Waals surface area contributed by atoms with Crippen LogP contribution in [0, 0.1) is 0 Å². The number of hydrogen-bond acceptors (Lipinski definition) is 6. The number of carbonyl (C=O) groups is 1. The number of rotatable bonds is 4. The van der Waals surface area contributed by atoms with Crippen molar-refractivity contribution in [2.24, 2.45) is 5.10 Å². The third-order valence-electron chi connectivity index (χ3n) is 6.21. The lowest BCUT2D eigenvalue weighted by molar-refractivity contribution is -0.137. The molecule has 1 saturated heterocycles. The number of fused-ring (bicyclic) bond motifs is 1. The van der Waals surface area contributed by atoms with E-state index in [1.807, 2.05) is 25.1 Å². The zero-order valence-electron chi connectivity index (χ0n) is 18.8. The van der Waals surface area contributed by atoms with Crippen LogP contribution >= 0.6 is 0 Å².